The van der Waals surface area contributed by atoms with Crippen molar-refractivity contribution in [1.29, 1.82) is 0 Å². The molecule has 2 heterocycles. The van der Waals surface area contributed by atoms with Gasteiger partial charge in [-0.2, -0.15) is 0 Å². The van der Waals surface area contributed by atoms with Gasteiger partial charge in [0, 0.05) is 23.9 Å². The third-order valence-electron chi connectivity index (χ3n) is 3.11. The Hall–Kier alpha value is -0.490. The molecule has 5 heteroatoms. The molecule has 1 atom stereocenters. The maximum absolute atomic E-state index is 9.12. The molecular weight excluding hydrogens is 248 g/mol. The maximum Gasteiger partial charge on any atom is 0.107 e. The van der Waals surface area contributed by atoms with E-state index in [0.29, 0.717) is 6.61 Å². The molecule has 1 fully saturated rings. The molecule has 0 radical (unpaired) electrons. The van der Waals surface area contributed by atoms with Crippen LogP contribution in [0.15, 0.2) is 5.38 Å². The second-order valence-corrected chi connectivity index (χ2v) is 6.73. The topological polar surface area (TPSA) is 45.6 Å². The highest BCUT2D eigenvalue weighted by molar-refractivity contribution is 7.09. The summed E-state index contributed by atoms with van der Waals surface area (Å²) < 4.78 is 5.45. The monoisotopic (exact) mass is 270 g/mol. The summed E-state index contributed by atoms with van der Waals surface area (Å²) >= 11 is 1.72. The lowest BCUT2D eigenvalue weighted by atomic mass is 9.93. The fourth-order valence-corrected chi connectivity index (χ4v) is 3.02. The van der Waals surface area contributed by atoms with Crippen molar-refractivity contribution in [2.75, 3.05) is 26.3 Å². The molecule has 0 saturated carbocycles. The normalized spacial score (nSPS) is 22.3. The van der Waals surface area contributed by atoms with E-state index in [0.717, 1.165) is 30.3 Å². The van der Waals surface area contributed by atoms with E-state index in [1.165, 1.54) is 0 Å². The summed E-state index contributed by atoms with van der Waals surface area (Å²) in [5.41, 5.74) is 1.28. The van der Waals surface area contributed by atoms with Crippen LogP contribution in [-0.2, 0) is 16.7 Å². The summed E-state index contributed by atoms with van der Waals surface area (Å²) in [4.78, 5) is 7.00. The van der Waals surface area contributed by atoms with Crippen molar-refractivity contribution in [3.05, 3.63) is 16.1 Å². The van der Waals surface area contributed by atoms with Gasteiger partial charge in [-0.05, 0) is 0 Å². The molecule has 1 unspecified atom stereocenters. The van der Waals surface area contributed by atoms with Gasteiger partial charge in [-0.3, -0.25) is 4.90 Å². The number of morpholine rings is 1. The smallest absolute Gasteiger partial charge is 0.107 e. The number of aliphatic hydroxyl groups is 1. The summed E-state index contributed by atoms with van der Waals surface area (Å²) in [6.07, 6.45) is -0.0409. The molecule has 4 nitrogen and oxygen atoms in total. The maximum atomic E-state index is 9.12. The number of hydrogen-bond acceptors (Lipinski definition) is 5. The molecule has 1 aromatic rings. The summed E-state index contributed by atoms with van der Waals surface area (Å²) in [7, 11) is 0. The minimum absolute atomic E-state index is 0.0409. The molecule has 1 saturated heterocycles. The molecule has 0 aromatic carbocycles. The van der Waals surface area contributed by atoms with Gasteiger partial charge in [0.15, 0.2) is 0 Å². The molecule has 2 rings (SSSR count). The second kappa shape index (κ2) is 5.65. The van der Waals surface area contributed by atoms with Gasteiger partial charge in [0.05, 0.1) is 31.6 Å². The second-order valence-electron chi connectivity index (χ2n) is 5.79. The van der Waals surface area contributed by atoms with Crippen molar-refractivity contribution in [2.24, 2.45) is 0 Å². The average Bonchev–Trinajstić information content (AvgIpc) is 2.77. The van der Waals surface area contributed by atoms with E-state index in [4.69, 9.17) is 14.8 Å². The van der Waals surface area contributed by atoms with Crippen LogP contribution in [0, 0.1) is 0 Å². The summed E-state index contributed by atoms with van der Waals surface area (Å²) in [5.74, 6) is 0. The number of hydrogen-bond donors (Lipinski definition) is 1. The van der Waals surface area contributed by atoms with Crippen molar-refractivity contribution in [2.45, 2.75) is 38.8 Å². The van der Waals surface area contributed by atoms with Crippen LogP contribution in [0.25, 0.3) is 0 Å². The van der Waals surface area contributed by atoms with Gasteiger partial charge >= 0.3 is 0 Å². The number of nitrogens with zero attached hydrogens (tertiary/aromatic N) is 2. The third kappa shape index (κ3) is 3.51. The van der Waals surface area contributed by atoms with E-state index in [2.05, 4.69) is 31.1 Å². The third-order valence-corrected chi connectivity index (χ3v) is 3.94. The van der Waals surface area contributed by atoms with Crippen LogP contribution in [0.2, 0.25) is 0 Å². The van der Waals surface area contributed by atoms with E-state index in [-0.39, 0.29) is 18.1 Å². The molecule has 1 aliphatic heterocycles. The van der Waals surface area contributed by atoms with Gasteiger partial charge in [0.25, 0.3) is 0 Å². The van der Waals surface area contributed by atoms with Crippen LogP contribution in [0.4, 0.5) is 0 Å². The quantitative estimate of drug-likeness (QED) is 0.907. The fourth-order valence-electron chi connectivity index (χ4n) is 1.95. The van der Waals surface area contributed by atoms with Gasteiger partial charge < -0.3 is 9.84 Å². The Morgan fingerprint density at radius 1 is 1.56 bits per heavy atom. The first-order valence-corrected chi connectivity index (χ1v) is 7.26. The van der Waals surface area contributed by atoms with Crippen LogP contribution in [0.3, 0.4) is 0 Å². The first-order chi connectivity index (χ1) is 8.49. The average molecular weight is 270 g/mol. The molecule has 0 amide bonds. The fraction of sp³-hybridized carbons (Fsp3) is 0.769. The Bertz CT molecular complexity index is 387. The molecule has 0 spiro atoms. The van der Waals surface area contributed by atoms with Crippen molar-refractivity contribution >= 4 is 11.3 Å². The van der Waals surface area contributed by atoms with Crippen molar-refractivity contribution < 1.29 is 9.84 Å². The predicted octanol–water partition coefficient (Wildman–Crippen LogP) is 1.63. The zero-order valence-electron chi connectivity index (χ0n) is 11.3. The molecular formula is C13H22N2O2S. The number of thiazole rings is 1. The molecule has 1 aromatic heterocycles. The Labute approximate surface area is 113 Å². The minimum atomic E-state index is -0.0409. The highest BCUT2D eigenvalue weighted by atomic mass is 32.1. The van der Waals surface area contributed by atoms with E-state index >= 15 is 0 Å². The lowest BCUT2D eigenvalue weighted by Crippen LogP contribution is -2.43. The Kier molecular flexibility index (Phi) is 4.37. The van der Waals surface area contributed by atoms with Crippen molar-refractivity contribution in [3.8, 4) is 0 Å². The van der Waals surface area contributed by atoms with Crippen molar-refractivity contribution in [3.63, 3.8) is 0 Å². The number of aliphatic hydroxyl groups excluding tert-OH is 1. The Morgan fingerprint density at radius 3 is 2.94 bits per heavy atom. The van der Waals surface area contributed by atoms with E-state index in [9.17, 15) is 0 Å². The number of rotatable bonds is 3. The summed E-state index contributed by atoms with van der Waals surface area (Å²) in [5, 5.41) is 12.4. The standard InChI is InChI=1S/C13H22N2O2S/c1-13(2,3)11-9-18-12(14-11)7-15-4-5-17-10(6-15)8-16/h9-10,16H,4-8H2,1-3H3. The molecule has 0 bridgehead atoms. The van der Waals surface area contributed by atoms with Gasteiger partial charge in [0.1, 0.15) is 5.01 Å². The lowest BCUT2D eigenvalue weighted by molar-refractivity contribution is -0.0551. The Balaban J connectivity index is 1.95. The van der Waals surface area contributed by atoms with Gasteiger partial charge in [-0.25, -0.2) is 4.98 Å². The van der Waals surface area contributed by atoms with Crippen molar-refractivity contribution in [1.82, 2.24) is 9.88 Å². The molecule has 18 heavy (non-hydrogen) atoms. The zero-order chi connectivity index (χ0) is 13.2. The SMILES string of the molecule is CC(C)(C)c1csc(CN2CCOC(CO)C2)n1. The lowest BCUT2D eigenvalue weighted by Gasteiger charge is -2.31. The highest BCUT2D eigenvalue weighted by Crippen LogP contribution is 2.24. The van der Waals surface area contributed by atoms with Crippen LogP contribution in [-0.4, -0.2) is 47.4 Å². The van der Waals surface area contributed by atoms with E-state index in [1.54, 1.807) is 11.3 Å². The largest absolute Gasteiger partial charge is 0.394 e. The summed E-state index contributed by atoms with van der Waals surface area (Å²) in [6, 6.07) is 0. The molecule has 0 aliphatic carbocycles. The first-order valence-electron chi connectivity index (χ1n) is 6.39. The first kappa shape index (κ1) is 13.9. The van der Waals surface area contributed by atoms with Gasteiger partial charge in [0.2, 0.25) is 0 Å². The van der Waals surface area contributed by atoms with E-state index in [1.807, 2.05) is 0 Å². The van der Waals surface area contributed by atoms with Crippen LogP contribution in [0.1, 0.15) is 31.5 Å². The van der Waals surface area contributed by atoms with Gasteiger partial charge in [-0.15, -0.1) is 11.3 Å². The zero-order valence-corrected chi connectivity index (χ0v) is 12.2. The van der Waals surface area contributed by atoms with Crippen LogP contribution < -0.4 is 0 Å². The molecule has 1 N–H and O–H groups in total. The highest BCUT2D eigenvalue weighted by Gasteiger charge is 2.22. The van der Waals surface area contributed by atoms with Crippen LogP contribution >= 0.6 is 11.3 Å². The van der Waals surface area contributed by atoms with Crippen LogP contribution in [0.5, 0.6) is 0 Å². The Morgan fingerprint density at radius 2 is 2.33 bits per heavy atom. The van der Waals surface area contributed by atoms with E-state index < -0.39 is 0 Å². The predicted molar refractivity (Wildman–Crippen MR) is 72.9 cm³/mol. The number of ether oxygens (including phenoxy) is 1. The molecule has 1 aliphatic rings. The van der Waals surface area contributed by atoms with Gasteiger partial charge in [-0.1, -0.05) is 20.8 Å². The number of aromatic nitrogens is 1. The summed E-state index contributed by atoms with van der Waals surface area (Å²) in [6.45, 7) is 9.92. The molecule has 102 valence electrons. The minimum Gasteiger partial charge on any atom is -0.394 e.